The van der Waals surface area contributed by atoms with E-state index in [0.29, 0.717) is 16.3 Å². The maximum atomic E-state index is 15.4. The minimum Gasteiger partial charge on any atom is -0.380 e. The molecule has 5 aromatic rings. The lowest BCUT2D eigenvalue weighted by Gasteiger charge is -2.23. The van der Waals surface area contributed by atoms with Crippen LogP contribution in [0.4, 0.5) is 36.6 Å². The number of rotatable bonds is 10. The Morgan fingerprint density at radius 3 is 2.44 bits per heavy atom. The summed E-state index contributed by atoms with van der Waals surface area (Å²) in [6.45, 7) is 0.593. The molecule has 0 aliphatic heterocycles. The Bertz CT molecular complexity index is 2620. The number of nitrogens with one attached hydrogen (secondary N) is 2. The van der Waals surface area contributed by atoms with Crippen LogP contribution in [0.25, 0.3) is 22.0 Å². The van der Waals surface area contributed by atoms with E-state index in [1.807, 2.05) is 0 Å². The van der Waals surface area contributed by atoms with Gasteiger partial charge in [-0.3, -0.25) is 18.9 Å². The van der Waals surface area contributed by atoms with Gasteiger partial charge in [-0.05, 0) is 67.0 Å². The van der Waals surface area contributed by atoms with Crippen LogP contribution in [-0.4, -0.2) is 56.3 Å². The largest absolute Gasteiger partial charge is 0.435 e. The van der Waals surface area contributed by atoms with Gasteiger partial charge in [0, 0.05) is 35.7 Å². The van der Waals surface area contributed by atoms with Crippen molar-refractivity contribution in [2.24, 2.45) is 13.0 Å². The Morgan fingerprint density at radius 1 is 1.11 bits per heavy atom. The number of hydrogen-bond acceptors (Lipinski definition) is 7. The average molecular weight is 838 g/mol. The third-order valence-electron chi connectivity index (χ3n) is 9.71. The molecular formula is C37H31ClF7N7O4S. The van der Waals surface area contributed by atoms with Gasteiger partial charge in [-0.2, -0.15) is 32.1 Å². The summed E-state index contributed by atoms with van der Waals surface area (Å²) in [5.74, 6) is -3.90. The number of alkyl halides is 5. The number of carbonyl (C=O) groups is 1. The molecule has 11 nitrogen and oxygen atoms in total. The van der Waals surface area contributed by atoms with E-state index >= 15 is 8.78 Å². The highest BCUT2D eigenvalue weighted by Gasteiger charge is 2.68. The van der Waals surface area contributed by atoms with Crippen molar-refractivity contribution in [3.05, 3.63) is 93.0 Å². The van der Waals surface area contributed by atoms with Crippen molar-refractivity contribution in [3.63, 3.8) is 0 Å². The standard InChI is InChI=1S/C37H31ClF7N7O4S/c1-4-21(53)7-5-20-6-8-22(23-9-10-26(38)30-32(23)51(2)49-35(30)50-57(3,55)56)31(46-20)27(13-17-11-18(39)14-19(40)12-17)47-28(54)16-52-34-29(33(48-52)37(43,44)45)24-15-25(24)36(34,41)42/h6,8-12,14,21,24-25,27,53H,4,13,15-16H2,1-3H3,(H,47,54)(H,49,50). The van der Waals surface area contributed by atoms with Crippen molar-refractivity contribution in [3.8, 4) is 23.0 Å². The molecule has 2 aromatic carbocycles. The maximum Gasteiger partial charge on any atom is 0.435 e. The van der Waals surface area contributed by atoms with Crippen molar-refractivity contribution in [1.82, 2.24) is 29.9 Å². The van der Waals surface area contributed by atoms with Gasteiger partial charge < -0.3 is 10.4 Å². The quantitative estimate of drug-likeness (QED) is 0.107. The molecule has 4 unspecified atom stereocenters. The number of hydrogen-bond donors (Lipinski definition) is 3. The van der Waals surface area contributed by atoms with Crippen molar-refractivity contribution >= 4 is 44.3 Å². The number of nitrogens with zero attached hydrogens (tertiary/aromatic N) is 5. The van der Waals surface area contributed by atoms with Gasteiger partial charge >= 0.3 is 6.18 Å². The molecular weight excluding hydrogens is 807 g/mol. The van der Waals surface area contributed by atoms with Crippen LogP contribution in [0.15, 0.2) is 42.5 Å². The van der Waals surface area contributed by atoms with Crippen LogP contribution in [0.3, 0.4) is 0 Å². The van der Waals surface area contributed by atoms with Gasteiger partial charge in [0.25, 0.3) is 5.92 Å². The highest BCUT2D eigenvalue weighted by Crippen LogP contribution is 2.68. The predicted octanol–water partition coefficient (Wildman–Crippen LogP) is 6.59. The monoisotopic (exact) mass is 837 g/mol. The smallest absolute Gasteiger partial charge is 0.380 e. The van der Waals surface area contributed by atoms with E-state index in [0.717, 1.165) is 18.4 Å². The zero-order valence-corrected chi connectivity index (χ0v) is 31.6. The minimum atomic E-state index is -5.08. The highest BCUT2D eigenvalue weighted by atomic mass is 35.5. The number of carbonyl (C=O) groups excluding carboxylic acids is 1. The first-order valence-corrected chi connectivity index (χ1v) is 19.6. The summed E-state index contributed by atoms with van der Waals surface area (Å²) in [5, 5.41) is 20.7. The summed E-state index contributed by atoms with van der Waals surface area (Å²) >= 11 is 6.55. The van der Waals surface area contributed by atoms with Crippen LogP contribution in [-0.2, 0) is 46.9 Å². The van der Waals surface area contributed by atoms with Crippen LogP contribution in [0.2, 0.25) is 5.02 Å². The fourth-order valence-corrected chi connectivity index (χ4v) is 8.02. The molecule has 20 heteroatoms. The molecule has 1 saturated carbocycles. The molecule has 0 saturated heterocycles. The van der Waals surface area contributed by atoms with E-state index in [9.17, 15) is 40.3 Å². The van der Waals surface area contributed by atoms with E-state index in [2.05, 4.69) is 37.1 Å². The number of amides is 1. The number of benzene rings is 2. The van der Waals surface area contributed by atoms with Gasteiger partial charge in [0.15, 0.2) is 11.5 Å². The molecule has 4 atom stereocenters. The fourth-order valence-electron chi connectivity index (χ4n) is 7.29. The number of fused-ring (bicyclic) bond motifs is 4. The summed E-state index contributed by atoms with van der Waals surface area (Å²) < 4.78 is 130. The second kappa shape index (κ2) is 14.3. The Hall–Kier alpha value is -5.19. The van der Waals surface area contributed by atoms with Crippen LogP contribution >= 0.6 is 11.6 Å². The van der Waals surface area contributed by atoms with Gasteiger partial charge in [0.1, 0.15) is 35.7 Å². The van der Waals surface area contributed by atoms with E-state index < -0.39 is 93.6 Å². The van der Waals surface area contributed by atoms with Crippen molar-refractivity contribution in [2.75, 3.05) is 11.0 Å². The fraction of sp³-hybridized carbons (Fsp3) is 0.351. The first-order valence-electron chi connectivity index (χ1n) is 17.3. The summed E-state index contributed by atoms with van der Waals surface area (Å²) in [4.78, 5) is 18.5. The number of anilines is 1. The number of pyridine rings is 1. The van der Waals surface area contributed by atoms with Crippen molar-refractivity contribution < 1.29 is 49.1 Å². The van der Waals surface area contributed by atoms with E-state index in [4.69, 9.17) is 11.6 Å². The maximum absolute atomic E-state index is 15.4. The molecule has 7 rings (SSSR count). The summed E-state index contributed by atoms with van der Waals surface area (Å²) in [6.07, 6.45) is -5.51. The Kier molecular flexibility index (Phi) is 10.1. The number of halogens is 8. The third-order valence-corrected chi connectivity index (χ3v) is 10.6. The Morgan fingerprint density at radius 2 is 1.79 bits per heavy atom. The number of aryl methyl sites for hydroxylation is 1. The second-order valence-corrected chi connectivity index (χ2v) is 16.1. The Labute approximate surface area is 325 Å². The van der Waals surface area contributed by atoms with Crippen LogP contribution in [0.1, 0.15) is 65.6 Å². The van der Waals surface area contributed by atoms with Crippen LogP contribution in [0, 0.1) is 29.4 Å². The first kappa shape index (κ1) is 40.0. The minimum absolute atomic E-state index is 0.00386. The molecule has 300 valence electrons. The zero-order chi connectivity index (χ0) is 41.4. The van der Waals surface area contributed by atoms with Crippen LogP contribution in [0.5, 0.6) is 0 Å². The number of aliphatic hydroxyl groups is 1. The molecule has 3 aromatic heterocycles. The van der Waals surface area contributed by atoms with Crippen LogP contribution < -0.4 is 10.0 Å². The molecule has 57 heavy (non-hydrogen) atoms. The molecule has 0 bridgehead atoms. The molecule has 2 aliphatic rings. The molecule has 1 fully saturated rings. The molecule has 0 radical (unpaired) electrons. The molecule has 1 amide bonds. The second-order valence-electron chi connectivity index (χ2n) is 13.9. The van der Waals surface area contributed by atoms with Crippen molar-refractivity contribution in [2.45, 2.75) is 62.9 Å². The molecule has 3 N–H and O–H groups in total. The lowest BCUT2D eigenvalue weighted by atomic mass is 9.93. The van der Waals surface area contributed by atoms with Gasteiger partial charge in [-0.15, -0.1) is 0 Å². The van der Waals surface area contributed by atoms with E-state index in [1.54, 1.807) is 13.0 Å². The zero-order valence-electron chi connectivity index (χ0n) is 30.0. The van der Waals surface area contributed by atoms with Gasteiger partial charge in [0.05, 0.1) is 33.9 Å². The summed E-state index contributed by atoms with van der Waals surface area (Å²) in [5.41, 5.74) is -2.32. The van der Waals surface area contributed by atoms with E-state index in [1.165, 1.54) is 29.9 Å². The number of aliphatic hydroxyl groups excluding tert-OH is 1. The molecule has 2 aliphatic carbocycles. The van der Waals surface area contributed by atoms with Gasteiger partial charge in [0.2, 0.25) is 15.9 Å². The first-order chi connectivity index (χ1) is 26.7. The van der Waals surface area contributed by atoms with Crippen molar-refractivity contribution in [1.29, 1.82) is 0 Å². The Balaban J connectivity index is 1.38. The lowest BCUT2D eigenvalue weighted by Crippen LogP contribution is -2.35. The average Bonchev–Trinajstić information content (AvgIpc) is 3.64. The summed E-state index contributed by atoms with van der Waals surface area (Å²) in [7, 11) is -2.35. The SMILES string of the molecule is CCC(O)C#Cc1ccc(-c2ccc(Cl)c3c(NS(C)(=O)=O)nn(C)c23)c(C(Cc2cc(F)cc(F)c2)NC(=O)Cn2nc(C(F)(F)F)c3c2C(F)(F)C2CC32)n1. The third kappa shape index (κ3) is 7.77. The molecule has 0 spiro atoms. The van der Waals surface area contributed by atoms with E-state index in [-0.39, 0.29) is 57.1 Å². The number of aromatic nitrogens is 5. The summed E-state index contributed by atoms with van der Waals surface area (Å²) in [6, 6.07) is 7.18. The lowest BCUT2D eigenvalue weighted by molar-refractivity contribution is -0.142. The molecule has 3 heterocycles. The topological polar surface area (TPSA) is 144 Å². The van der Waals surface area contributed by atoms with Gasteiger partial charge in [-0.1, -0.05) is 30.5 Å². The number of sulfonamides is 1. The van der Waals surface area contributed by atoms with Gasteiger partial charge in [-0.25, -0.2) is 22.2 Å². The predicted molar refractivity (Wildman–Crippen MR) is 194 cm³/mol. The highest BCUT2D eigenvalue weighted by molar-refractivity contribution is 7.92. The normalized spacial score (nSPS) is 18.0.